The van der Waals surface area contributed by atoms with Gasteiger partial charge < -0.3 is 18.7 Å². The molecule has 0 aliphatic carbocycles. The van der Waals surface area contributed by atoms with Gasteiger partial charge in [-0.15, -0.1) is 0 Å². The number of piperidine rings is 1. The van der Waals surface area contributed by atoms with Crippen LogP contribution in [0.5, 0.6) is 0 Å². The van der Waals surface area contributed by atoms with Crippen LogP contribution in [0.15, 0.2) is 12.2 Å². The molecule has 7 nitrogen and oxygen atoms in total. The van der Waals surface area contributed by atoms with E-state index in [1.165, 1.54) is 20.3 Å². The molecule has 1 fully saturated rings. The second-order valence-corrected chi connectivity index (χ2v) is 9.03. The van der Waals surface area contributed by atoms with Crippen molar-refractivity contribution in [2.75, 3.05) is 33.5 Å². The number of carbonyl (C=O) groups excluding carboxylic acids is 2. The molecule has 0 aromatic heterocycles. The van der Waals surface area contributed by atoms with E-state index in [0.29, 0.717) is 13.1 Å². The third-order valence-corrected chi connectivity index (χ3v) is 5.46. The first-order valence-corrected chi connectivity index (χ1v) is 9.71. The van der Waals surface area contributed by atoms with Gasteiger partial charge in [0.1, 0.15) is 11.8 Å². The van der Waals surface area contributed by atoms with Crippen LogP contribution in [-0.2, 0) is 23.1 Å². The van der Waals surface area contributed by atoms with Gasteiger partial charge >= 0.3 is 13.7 Å². The number of likely N-dealkylation sites (tertiary alicyclic amines) is 1. The van der Waals surface area contributed by atoms with Crippen LogP contribution in [0.2, 0.25) is 0 Å². The second kappa shape index (κ2) is 8.79. The second-order valence-electron chi connectivity index (χ2n) is 6.76. The molecule has 1 aliphatic rings. The summed E-state index contributed by atoms with van der Waals surface area (Å²) < 4.78 is 26.7. The highest BCUT2D eigenvalue weighted by molar-refractivity contribution is 7.54. The average molecular weight is 361 g/mol. The summed E-state index contributed by atoms with van der Waals surface area (Å²) in [7, 11) is -0.805. The molecule has 0 bridgehead atoms. The molecule has 0 aromatic rings. The zero-order chi connectivity index (χ0) is 18.4. The SMILES string of the molecule is COP(=O)(CC(=O)/C=C/C1CCN(C(=O)OC(C)(C)C)CC1)OC. The van der Waals surface area contributed by atoms with Gasteiger partial charge in [-0.2, -0.15) is 0 Å². The first-order valence-electron chi connectivity index (χ1n) is 7.98. The standard InChI is InChI=1S/C16H28NO6P/c1-16(2,3)23-15(19)17-10-8-13(9-11-17)6-7-14(18)12-24(20,21-4)22-5/h6-7,13H,8-12H2,1-5H3/b7-6+. The van der Waals surface area contributed by atoms with Gasteiger partial charge in [0, 0.05) is 27.3 Å². The van der Waals surface area contributed by atoms with E-state index in [9.17, 15) is 14.2 Å². The lowest BCUT2D eigenvalue weighted by atomic mass is 9.96. The third-order valence-electron chi connectivity index (χ3n) is 3.65. The molecule has 0 N–H and O–H groups in total. The molecule has 0 spiro atoms. The molecule has 1 saturated heterocycles. The molecular weight excluding hydrogens is 333 g/mol. The smallest absolute Gasteiger partial charge is 0.410 e. The van der Waals surface area contributed by atoms with E-state index in [4.69, 9.17) is 13.8 Å². The number of nitrogens with zero attached hydrogens (tertiary/aromatic N) is 1. The number of hydrogen-bond donors (Lipinski definition) is 0. The van der Waals surface area contributed by atoms with Crippen LogP contribution in [0.25, 0.3) is 0 Å². The maximum atomic E-state index is 12.0. The van der Waals surface area contributed by atoms with Gasteiger partial charge in [-0.3, -0.25) is 9.36 Å². The monoisotopic (exact) mass is 361 g/mol. The molecule has 1 rings (SSSR count). The number of hydrogen-bond acceptors (Lipinski definition) is 6. The van der Waals surface area contributed by atoms with Crippen molar-refractivity contribution in [2.45, 2.75) is 39.2 Å². The van der Waals surface area contributed by atoms with Crippen molar-refractivity contribution < 1.29 is 27.9 Å². The van der Waals surface area contributed by atoms with Crippen molar-refractivity contribution in [3.05, 3.63) is 12.2 Å². The molecule has 138 valence electrons. The van der Waals surface area contributed by atoms with Crippen LogP contribution >= 0.6 is 7.60 Å². The van der Waals surface area contributed by atoms with Crippen LogP contribution < -0.4 is 0 Å². The molecule has 1 amide bonds. The Kier molecular flexibility index (Phi) is 7.64. The van der Waals surface area contributed by atoms with E-state index >= 15 is 0 Å². The number of carbonyl (C=O) groups is 2. The highest BCUT2D eigenvalue weighted by Gasteiger charge is 2.27. The Morgan fingerprint density at radius 3 is 2.17 bits per heavy atom. The van der Waals surface area contributed by atoms with Crippen LogP contribution in [0.4, 0.5) is 4.79 Å². The molecule has 0 saturated carbocycles. The van der Waals surface area contributed by atoms with Gasteiger partial charge in [0.2, 0.25) is 0 Å². The van der Waals surface area contributed by atoms with E-state index in [1.54, 1.807) is 4.90 Å². The first-order chi connectivity index (χ1) is 11.1. The number of amides is 1. The topological polar surface area (TPSA) is 82.1 Å². The predicted molar refractivity (Wildman–Crippen MR) is 91.2 cm³/mol. The third kappa shape index (κ3) is 7.16. The highest BCUT2D eigenvalue weighted by atomic mass is 31.2. The van der Waals surface area contributed by atoms with Gasteiger partial charge in [-0.1, -0.05) is 6.08 Å². The maximum Gasteiger partial charge on any atom is 0.410 e. The van der Waals surface area contributed by atoms with E-state index in [-0.39, 0.29) is 24.0 Å². The van der Waals surface area contributed by atoms with Crippen LogP contribution in [0.3, 0.4) is 0 Å². The normalized spacial score (nSPS) is 17.3. The van der Waals surface area contributed by atoms with Crippen molar-refractivity contribution in [1.29, 1.82) is 0 Å². The molecule has 0 radical (unpaired) electrons. The summed E-state index contributed by atoms with van der Waals surface area (Å²) in [5, 5.41) is 0. The Morgan fingerprint density at radius 2 is 1.71 bits per heavy atom. The number of rotatable bonds is 6. The predicted octanol–water partition coefficient (Wildman–Crippen LogP) is 3.24. The maximum absolute atomic E-state index is 12.0. The van der Waals surface area contributed by atoms with Gasteiger partial charge in [-0.25, -0.2) is 4.79 Å². The first kappa shape index (κ1) is 20.9. The van der Waals surface area contributed by atoms with E-state index in [2.05, 4.69) is 0 Å². The van der Waals surface area contributed by atoms with Crippen molar-refractivity contribution in [2.24, 2.45) is 5.92 Å². The fraction of sp³-hybridized carbons (Fsp3) is 0.750. The zero-order valence-electron chi connectivity index (χ0n) is 15.1. The quantitative estimate of drug-likeness (QED) is 0.533. The highest BCUT2D eigenvalue weighted by Crippen LogP contribution is 2.46. The van der Waals surface area contributed by atoms with Crippen LogP contribution in [-0.4, -0.2) is 55.8 Å². The van der Waals surface area contributed by atoms with Crippen molar-refractivity contribution in [1.82, 2.24) is 4.90 Å². The van der Waals surface area contributed by atoms with Crippen molar-refractivity contribution in [3.8, 4) is 0 Å². The number of ether oxygens (including phenoxy) is 1. The van der Waals surface area contributed by atoms with Gasteiger partial charge in [0.15, 0.2) is 5.78 Å². The van der Waals surface area contributed by atoms with E-state index in [1.807, 2.05) is 26.8 Å². The van der Waals surface area contributed by atoms with Crippen LogP contribution in [0, 0.1) is 5.92 Å². The molecular formula is C16H28NO6P. The van der Waals surface area contributed by atoms with Crippen LogP contribution in [0.1, 0.15) is 33.6 Å². The summed E-state index contributed by atoms with van der Waals surface area (Å²) in [6.45, 7) is 6.69. The zero-order valence-corrected chi connectivity index (χ0v) is 16.0. The minimum absolute atomic E-state index is 0.206. The molecule has 0 atom stereocenters. The summed E-state index contributed by atoms with van der Waals surface area (Å²) in [5.41, 5.74) is -0.503. The fourth-order valence-corrected chi connectivity index (χ4v) is 3.19. The summed E-state index contributed by atoms with van der Waals surface area (Å²) in [5.74, 6) is -0.0892. The minimum Gasteiger partial charge on any atom is -0.444 e. The summed E-state index contributed by atoms with van der Waals surface area (Å²) >= 11 is 0. The fourth-order valence-electron chi connectivity index (χ4n) is 2.29. The largest absolute Gasteiger partial charge is 0.444 e. The minimum atomic E-state index is -3.32. The van der Waals surface area contributed by atoms with Crippen molar-refractivity contribution >= 4 is 19.5 Å². The molecule has 1 aliphatic heterocycles. The van der Waals surface area contributed by atoms with E-state index < -0.39 is 13.2 Å². The summed E-state index contributed by atoms with van der Waals surface area (Å²) in [6, 6.07) is 0. The average Bonchev–Trinajstić information content (AvgIpc) is 2.51. The van der Waals surface area contributed by atoms with Gasteiger partial charge in [-0.05, 0) is 45.6 Å². The molecule has 0 unspecified atom stereocenters. The lowest BCUT2D eigenvalue weighted by Gasteiger charge is -2.32. The van der Waals surface area contributed by atoms with E-state index in [0.717, 1.165) is 12.8 Å². The molecule has 24 heavy (non-hydrogen) atoms. The number of ketones is 1. The Hall–Kier alpha value is -1.17. The molecule has 0 aromatic carbocycles. The molecule has 1 heterocycles. The number of allylic oxidation sites excluding steroid dienone is 2. The Labute approximate surface area is 143 Å². The van der Waals surface area contributed by atoms with Gasteiger partial charge in [0.05, 0.1) is 0 Å². The summed E-state index contributed by atoms with van der Waals surface area (Å²) in [6.07, 6.45) is 4.18. The lowest BCUT2D eigenvalue weighted by molar-refractivity contribution is -0.112. The van der Waals surface area contributed by atoms with Gasteiger partial charge in [0.25, 0.3) is 0 Å². The summed E-state index contributed by atoms with van der Waals surface area (Å²) in [4.78, 5) is 25.5. The Morgan fingerprint density at radius 1 is 1.17 bits per heavy atom. The lowest BCUT2D eigenvalue weighted by Crippen LogP contribution is -2.41. The Balaban J connectivity index is 2.44. The van der Waals surface area contributed by atoms with Crippen molar-refractivity contribution in [3.63, 3.8) is 0 Å². The molecule has 8 heteroatoms. The Bertz CT molecular complexity index is 509.